The van der Waals surface area contributed by atoms with Crippen LogP contribution in [0.5, 0.6) is 0 Å². The van der Waals surface area contributed by atoms with E-state index in [1.54, 1.807) is 0 Å². The fraction of sp³-hybridized carbons (Fsp3) is 0.647. The van der Waals surface area contributed by atoms with E-state index in [0.29, 0.717) is 12.1 Å². The van der Waals surface area contributed by atoms with E-state index < -0.39 is 0 Å². The summed E-state index contributed by atoms with van der Waals surface area (Å²) in [5, 5.41) is 3.60. The Morgan fingerprint density at radius 2 is 2.00 bits per heavy atom. The Hall–Kier alpha value is -0.860. The van der Waals surface area contributed by atoms with E-state index in [1.807, 2.05) is 0 Å². The third-order valence-corrected chi connectivity index (χ3v) is 3.89. The highest BCUT2D eigenvalue weighted by Crippen LogP contribution is 2.26. The van der Waals surface area contributed by atoms with Gasteiger partial charge in [-0.2, -0.15) is 0 Å². The molecule has 0 spiro atoms. The molecule has 1 aliphatic rings. The first kappa shape index (κ1) is 14.5. The molecule has 1 heterocycles. The average Bonchev–Trinajstić information content (AvgIpc) is 2.47. The van der Waals surface area contributed by atoms with Gasteiger partial charge >= 0.3 is 0 Å². The van der Waals surface area contributed by atoms with Crippen molar-refractivity contribution in [2.45, 2.75) is 58.1 Å². The zero-order valence-electron chi connectivity index (χ0n) is 12.3. The Morgan fingerprint density at radius 1 is 1.21 bits per heavy atom. The zero-order valence-corrected chi connectivity index (χ0v) is 12.3. The zero-order chi connectivity index (χ0) is 13.5. The van der Waals surface area contributed by atoms with Gasteiger partial charge in [-0.15, -0.1) is 0 Å². The molecule has 0 bridgehead atoms. The van der Waals surface area contributed by atoms with Crippen molar-refractivity contribution in [3.05, 3.63) is 35.4 Å². The quantitative estimate of drug-likeness (QED) is 0.839. The summed E-state index contributed by atoms with van der Waals surface area (Å²) in [7, 11) is 0. The van der Waals surface area contributed by atoms with E-state index in [9.17, 15) is 0 Å². The van der Waals surface area contributed by atoms with Crippen molar-refractivity contribution in [2.24, 2.45) is 0 Å². The molecule has 2 nitrogen and oxygen atoms in total. The third-order valence-electron chi connectivity index (χ3n) is 3.89. The Labute approximate surface area is 117 Å². The van der Waals surface area contributed by atoms with Gasteiger partial charge in [0.15, 0.2) is 0 Å². The van der Waals surface area contributed by atoms with Crippen molar-refractivity contribution in [1.29, 1.82) is 0 Å². The highest BCUT2D eigenvalue weighted by molar-refractivity contribution is 5.26. The van der Waals surface area contributed by atoms with Crippen molar-refractivity contribution in [3.63, 3.8) is 0 Å². The maximum atomic E-state index is 5.96. The summed E-state index contributed by atoms with van der Waals surface area (Å²) in [5.41, 5.74) is 2.81. The maximum absolute atomic E-state index is 5.96. The van der Waals surface area contributed by atoms with Gasteiger partial charge < -0.3 is 10.1 Å². The molecule has 106 valence electrons. The first-order valence-electron chi connectivity index (χ1n) is 7.79. The van der Waals surface area contributed by atoms with Gasteiger partial charge in [0, 0.05) is 6.61 Å². The SMILES string of the molecule is CCCc1ccc(C(NCC)C2CCCCO2)cc1. The van der Waals surface area contributed by atoms with E-state index in [1.165, 1.54) is 43.2 Å². The number of hydrogen-bond donors (Lipinski definition) is 1. The number of nitrogens with one attached hydrogen (secondary N) is 1. The summed E-state index contributed by atoms with van der Waals surface area (Å²) in [6, 6.07) is 9.44. The van der Waals surface area contributed by atoms with Gasteiger partial charge in [-0.05, 0) is 43.4 Å². The van der Waals surface area contributed by atoms with Crippen molar-refractivity contribution >= 4 is 0 Å². The molecule has 0 aliphatic carbocycles. The maximum Gasteiger partial charge on any atom is 0.0769 e. The molecule has 2 heteroatoms. The van der Waals surface area contributed by atoms with Gasteiger partial charge in [0.2, 0.25) is 0 Å². The number of likely N-dealkylation sites (N-methyl/N-ethyl adjacent to an activating group) is 1. The molecular formula is C17H27NO. The summed E-state index contributed by atoms with van der Waals surface area (Å²) < 4.78 is 5.96. The first-order valence-corrected chi connectivity index (χ1v) is 7.79. The number of aryl methyl sites for hydroxylation is 1. The van der Waals surface area contributed by atoms with Crippen LogP contribution in [-0.2, 0) is 11.2 Å². The van der Waals surface area contributed by atoms with Gasteiger partial charge in [-0.3, -0.25) is 0 Å². The van der Waals surface area contributed by atoms with Gasteiger partial charge in [0.25, 0.3) is 0 Å². The lowest BCUT2D eigenvalue weighted by Crippen LogP contribution is -2.35. The third kappa shape index (κ3) is 4.05. The lowest BCUT2D eigenvalue weighted by atomic mass is 9.94. The number of rotatable bonds is 6. The van der Waals surface area contributed by atoms with Crippen molar-refractivity contribution in [3.8, 4) is 0 Å². The molecule has 19 heavy (non-hydrogen) atoms. The van der Waals surface area contributed by atoms with Crippen molar-refractivity contribution in [1.82, 2.24) is 5.32 Å². The number of benzene rings is 1. The second kappa shape index (κ2) is 7.66. The predicted octanol–water partition coefficient (Wildman–Crippen LogP) is 3.86. The molecule has 1 aromatic carbocycles. The molecule has 0 radical (unpaired) electrons. The summed E-state index contributed by atoms with van der Waals surface area (Å²) >= 11 is 0. The highest BCUT2D eigenvalue weighted by atomic mass is 16.5. The monoisotopic (exact) mass is 261 g/mol. The molecule has 1 saturated heterocycles. The molecule has 1 N–H and O–H groups in total. The Bertz CT molecular complexity index is 354. The minimum absolute atomic E-state index is 0.339. The Kier molecular flexibility index (Phi) is 5.87. The Morgan fingerprint density at radius 3 is 2.58 bits per heavy atom. The van der Waals surface area contributed by atoms with E-state index in [2.05, 4.69) is 43.4 Å². The van der Waals surface area contributed by atoms with Crippen LogP contribution in [0.25, 0.3) is 0 Å². The fourth-order valence-corrected chi connectivity index (χ4v) is 2.89. The topological polar surface area (TPSA) is 21.3 Å². The highest BCUT2D eigenvalue weighted by Gasteiger charge is 2.25. The molecule has 2 rings (SSSR count). The van der Waals surface area contributed by atoms with Crippen LogP contribution in [0.3, 0.4) is 0 Å². The second-order valence-electron chi connectivity index (χ2n) is 5.43. The van der Waals surface area contributed by atoms with Gasteiger partial charge in [0.1, 0.15) is 0 Å². The molecule has 0 aromatic heterocycles. The normalized spacial score (nSPS) is 21.3. The molecule has 2 atom stereocenters. The van der Waals surface area contributed by atoms with E-state index in [4.69, 9.17) is 4.74 Å². The van der Waals surface area contributed by atoms with Gasteiger partial charge in [0.05, 0.1) is 12.1 Å². The van der Waals surface area contributed by atoms with Crippen LogP contribution in [0.2, 0.25) is 0 Å². The first-order chi connectivity index (χ1) is 9.35. The van der Waals surface area contributed by atoms with Crippen LogP contribution in [0, 0.1) is 0 Å². The summed E-state index contributed by atoms with van der Waals surface area (Å²) in [5.74, 6) is 0. The van der Waals surface area contributed by atoms with Crippen LogP contribution in [0.4, 0.5) is 0 Å². The van der Waals surface area contributed by atoms with E-state index in [0.717, 1.165) is 13.2 Å². The molecule has 1 aliphatic heterocycles. The molecule has 2 unspecified atom stereocenters. The van der Waals surface area contributed by atoms with Gasteiger partial charge in [-0.25, -0.2) is 0 Å². The molecule has 1 fully saturated rings. The molecule has 1 aromatic rings. The largest absolute Gasteiger partial charge is 0.376 e. The van der Waals surface area contributed by atoms with E-state index in [-0.39, 0.29) is 0 Å². The van der Waals surface area contributed by atoms with Crippen LogP contribution >= 0.6 is 0 Å². The van der Waals surface area contributed by atoms with Crippen LogP contribution in [0.15, 0.2) is 24.3 Å². The van der Waals surface area contributed by atoms with Crippen LogP contribution < -0.4 is 5.32 Å². The number of ether oxygens (including phenoxy) is 1. The fourth-order valence-electron chi connectivity index (χ4n) is 2.89. The number of hydrogen-bond acceptors (Lipinski definition) is 2. The average molecular weight is 261 g/mol. The van der Waals surface area contributed by atoms with E-state index >= 15 is 0 Å². The predicted molar refractivity (Wildman–Crippen MR) is 80.4 cm³/mol. The second-order valence-corrected chi connectivity index (χ2v) is 5.43. The van der Waals surface area contributed by atoms with Crippen LogP contribution in [0.1, 0.15) is 56.7 Å². The molecule has 0 amide bonds. The van der Waals surface area contributed by atoms with Crippen molar-refractivity contribution in [2.75, 3.05) is 13.2 Å². The lowest BCUT2D eigenvalue weighted by Gasteiger charge is -2.31. The summed E-state index contributed by atoms with van der Waals surface area (Å²) in [6.45, 7) is 6.30. The summed E-state index contributed by atoms with van der Waals surface area (Å²) in [6.07, 6.45) is 6.40. The van der Waals surface area contributed by atoms with Crippen LogP contribution in [-0.4, -0.2) is 19.3 Å². The summed E-state index contributed by atoms with van der Waals surface area (Å²) in [4.78, 5) is 0. The van der Waals surface area contributed by atoms with Crippen molar-refractivity contribution < 1.29 is 4.74 Å². The Balaban J connectivity index is 2.08. The molecular weight excluding hydrogens is 234 g/mol. The molecule has 0 saturated carbocycles. The lowest BCUT2D eigenvalue weighted by molar-refractivity contribution is -0.00786. The standard InChI is InChI=1S/C17H27NO/c1-3-7-14-9-11-15(12-10-14)17(18-4-2)16-8-5-6-13-19-16/h9-12,16-18H,3-8,13H2,1-2H3. The minimum atomic E-state index is 0.339. The minimum Gasteiger partial charge on any atom is -0.376 e. The van der Waals surface area contributed by atoms with Gasteiger partial charge in [-0.1, -0.05) is 44.5 Å². The smallest absolute Gasteiger partial charge is 0.0769 e.